The molecule has 0 saturated carbocycles. The van der Waals surface area contributed by atoms with Crippen LogP contribution in [0.2, 0.25) is 0 Å². The maximum Gasteiger partial charge on any atom is 0.197 e. The molecule has 0 aromatic carbocycles. The summed E-state index contributed by atoms with van der Waals surface area (Å²) >= 11 is 35.0. The fourth-order valence-electron chi connectivity index (χ4n) is 0. The van der Waals surface area contributed by atoms with Crippen LogP contribution in [-0.2, 0) is 115 Å². The molecule has 0 fully saturated rings. The average molecular weight is 557 g/mol. The highest BCUT2D eigenvalue weighted by atomic mass is 33.2. The van der Waals surface area contributed by atoms with Crippen LogP contribution in [0.4, 0.5) is 0 Å². The van der Waals surface area contributed by atoms with E-state index in [1.54, 1.807) is 29.8 Å². The molecule has 0 spiro atoms. The van der Waals surface area contributed by atoms with Crippen molar-refractivity contribution >= 4 is 151 Å². The van der Waals surface area contributed by atoms with Gasteiger partial charge in [-0.2, -0.15) is 40.4 Å². The maximum atomic E-state index is 7.83. The van der Waals surface area contributed by atoms with Crippen LogP contribution in [0.3, 0.4) is 0 Å². The van der Waals surface area contributed by atoms with Crippen molar-refractivity contribution in [2.24, 2.45) is 0 Å². The zero-order valence-electron chi connectivity index (χ0n) is 11.2. The number of hydrogen-bond acceptors (Lipinski definition) is 11. The summed E-state index contributed by atoms with van der Waals surface area (Å²) in [5.74, 6) is 0. The summed E-state index contributed by atoms with van der Waals surface area (Å²) in [7, 11) is 4.18. The molecule has 0 atom stereocenters. The standard InChI is InChI=1S/2C2H6S.CH4S.CH4.OS.S4.2S3/c2*1-3-2;1-2;;1-2;1-3-4-2;2*1-3-2/h2*1-2H3;2H,1H3;1H4;;;;. The zero-order chi connectivity index (χ0) is 18.2. The van der Waals surface area contributed by atoms with Gasteiger partial charge in [0.2, 0.25) is 0 Å². The Morgan fingerprint density at radius 3 is 0.667 bits per heavy atom. The van der Waals surface area contributed by atoms with Gasteiger partial charge < -0.3 is 0 Å². The maximum absolute atomic E-state index is 7.83. The molecular weight excluding hydrogens is 537 g/mol. The van der Waals surface area contributed by atoms with E-state index in [1.165, 1.54) is 17.8 Å². The zero-order valence-corrected chi connectivity index (χ0v) is 22.7. The number of thiol groups is 1. The first-order chi connectivity index (χ1) is 9.57. The van der Waals surface area contributed by atoms with Crippen LogP contribution >= 0.6 is 36.2 Å². The number of rotatable bonds is 0. The minimum atomic E-state index is 0. The van der Waals surface area contributed by atoms with Crippen molar-refractivity contribution in [3.8, 4) is 0 Å². The van der Waals surface area contributed by atoms with Gasteiger partial charge in [0.05, 0.1) is 0 Å². The fourth-order valence-corrected chi connectivity index (χ4v) is 0. The van der Waals surface area contributed by atoms with Gasteiger partial charge in [0, 0.05) is 103 Å². The highest BCUT2D eigenvalue weighted by Crippen LogP contribution is 1.70. The molecule has 0 aliphatic heterocycles. The predicted molar refractivity (Wildman–Crippen MR) is 142 cm³/mol. The Bertz CT molecular complexity index is 208. The molecule has 21 heavy (non-hydrogen) atoms. The van der Waals surface area contributed by atoms with Gasteiger partial charge in [-0.1, -0.05) is 7.43 Å². The van der Waals surface area contributed by atoms with E-state index < -0.39 is 0 Å². The predicted octanol–water partition coefficient (Wildman–Crippen LogP) is 2.78. The van der Waals surface area contributed by atoms with Crippen molar-refractivity contribution in [1.82, 2.24) is 0 Å². The Labute approximate surface area is 191 Å². The van der Waals surface area contributed by atoms with Crippen LogP contribution in [0.15, 0.2) is 0 Å². The highest BCUT2D eigenvalue weighted by Gasteiger charge is 1.33. The third-order valence-electron chi connectivity index (χ3n) is 0.0278. The lowest BCUT2D eigenvalue weighted by Gasteiger charge is -1.51. The van der Waals surface area contributed by atoms with E-state index in [4.69, 9.17) is 4.21 Å². The summed E-state index contributed by atoms with van der Waals surface area (Å²) in [6.45, 7) is 0. The normalized spacial score (nSPS) is 4.29. The quantitative estimate of drug-likeness (QED) is 0.447. The molecule has 1 nitrogen and oxygen atoms in total. The van der Waals surface area contributed by atoms with Crippen LogP contribution in [0.25, 0.3) is 0 Å². The van der Waals surface area contributed by atoms with Gasteiger partial charge in [0.15, 0.2) is 12.5 Å². The lowest BCUT2D eigenvalue weighted by Crippen LogP contribution is -1.25. The van der Waals surface area contributed by atoms with Crippen LogP contribution in [-0.4, -0.2) is 35.5 Å². The van der Waals surface area contributed by atoms with Crippen molar-refractivity contribution in [2.75, 3.05) is 31.3 Å². The van der Waals surface area contributed by atoms with Gasteiger partial charge in [-0.3, -0.25) is 0 Å². The van der Waals surface area contributed by atoms with E-state index >= 15 is 0 Å². The van der Waals surface area contributed by atoms with Crippen LogP contribution in [0.1, 0.15) is 7.43 Å². The van der Waals surface area contributed by atoms with E-state index in [9.17, 15) is 0 Å². The summed E-state index contributed by atoms with van der Waals surface area (Å²) < 4.78 is 7.83. The smallest absolute Gasteiger partial charge is 0.197 e. The topological polar surface area (TPSA) is 17.1 Å². The van der Waals surface area contributed by atoms with Crippen molar-refractivity contribution in [1.29, 1.82) is 0 Å². The molecule has 0 radical (unpaired) electrons. The summed E-state index contributed by atoms with van der Waals surface area (Å²) in [4.78, 5) is 0. The van der Waals surface area contributed by atoms with Gasteiger partial charge in [-0.05, 0) is 31.3 Å². The monoisotopic (exact) mass is 556 g/mol. The van der Waals surface area contributed by atoms with Gasteiger partial charge in [-0.25, -0.2) is 0 Å². The summed E-state index contributed by atoms with van der Waals surface area (Å²) in [5, 5.41) is 0. The Hall–Kier alpha value is 3.27. The largest absolute Gasteiger partial charge is 0.197 e. The Kier molecular flexibility index (Phi) is 318. The molecule has 15 heteroatoms. The van der Waals surface area contributed by atoms with Crippen molar-refractivity contribution < 1.29 is 4.21 Å². The van der Waals surface area contributed by atoms with E-state index in [2.05, 4.69) is 92.3 Å². The molecule has 0 bridgehead atoms. The van der Waals surface area contributed by atoms with E-state index in [0.29, 0.717) is 0 Å². The first-order valence-corrected chi connectivity index (χ1v) is 17.2. The molecule has 0 heterocycles. The Morgan fingerprint density at radius 2 is 0.667 bits per heavy atom. The lowest BCUT2D eigenvalue weighted by molar-refractivity contribution is 0.702. The average Bonchev–Trinajstić information content (AvgIpc) is 2.46. The van der Waals surface area contributed by atoms with Crippen LogP contribution in [0, 0.1) is 0 Å². The van der Waals surface area contributed by atoms with Crippen molar-refractivity contribution in [3.63, 3.8) is 0 Å². The van der Waals surface area contributed by atoms with E-state index in [1.807, 2.05) is 25.0 Å². The molecule has 0 saturated heterocycles. The van der Waals surface area contributed by atoms with Crippen LogP contribution < -0.4 is 0 Å². The van der Waals surface area contributed by atoms with E-state index in [-0.39, 0.29) is 7.43 Å². The summed E-state index contributed by atoms with van der Waals surface area (Å²) in [6, 6.07) is 0. The minimum Gasteiger partial charge on any atom is -0.197 e. The Morgan fingerprint density at radius 1 is 0.619 bits per heavy atom. The number of thioether (sulfide) groups is 2. The highest BCUT2D eigenvalue weighted by molar-refractivity contribution is 8.51. The second-order valence-electron chi connectivity index (χ2n) is 1.09. The molecule has 0 aliphatic rings. The van der Waals surface area contributed by atoms with Gasteiger partial charge >= 0.3 is 0 Å². The van der Waals surface area contributed by atoms with Gasteiger partial charge in [0.1, 0.15) is 0 Å². The molecule has 0 unspecified atom stereocenters. The molecule has 0 rings (SSSR count). The van der Waals surface area contributed by atoms with Crippen LogP contribution in [0.5, 0.6) is 0 Å². The summed E-state index contributed by atoms with van der Waals surface area (Å²) in [6.07, 6.45) is 9.86. The Balaban J connectivity index is -0.0000000157. The first kappa shape index (κ1) is 49.6. The molecule has 134 valence electrons. The minimum absolute atomic E-state index is 0. The first-order valence-electron chi connectivity index (χ1n) is 3.41. The molecule has 0 aliphatic carbocycles. The summed E-state index contributed by atoms with van der Waals surface area (Å²) in [5.41, 5.74) is 0. The third-order valence-corrected chi connectivity index (χ3v) is 2.25. The second kappa shape index (κ2) is 134. The third kappa shape index (κ3) is 577. The molecule has 0 N–H and O–H groups in total. The van der Waals surface area contributed by atoms with Crippen molar-refractivity contribution in [2.45, 2.75) is 7.43 Å². The van der Waals surface area contributed by atoms with Crippen molar-refractivity contribution in [3.05, 3.63) is 0 Å². The van der Waals surface area contributed by atoms with Gasteiger partial charge in [0.25, 0.3) is 0 Å². The molecule has 0 amide bonds. The number of hydrogen-bond donors (Lipinski definition) is 1. The molecule has 0 aromatic heterocycles. The SMILES string of the molecule is C.CS.CSC.CSC.O=S.S=S=S.S=S=S.S=S=S=S. The van der Waals surface area contributed by atoms with Gasteiger partial charge in [-0.15, -0.1) is 0 Å². The lowest BCUT2D eigenvalue weighted by atomic mass is 11.9. The fraction of sp³-hybridized carbons (Fsp3) is 1.00. The second-order valence-corrected chi connectivity index (χ2v) is 9.80. The van der Waals surface area contributed by atoms with E-state index in [0.717, 1.165) is 17.8 Å². The molecular formula is C6H20OS14. The molecule has 0 aromatic rings.